The number of benzene rings is 1. The third-order valence-electron chi connectivity index (χ3n) is 3.49. The Bertz CT molecular complexity index is 523. The maximum Gasteiger partial charge on any atom is 0.416 e. The van der Waals surface area contributed by atoms with Gasteiger partial charge in [-0.2, -0.15) is 13.2 Å². The van der Waals surface area contributed by atoms with Crippen LogP contribution in [0.4, 0.5) is 18.9 Å². The van der Waals surface area contributed by atoms with Crippen LogP contribution < -0.4 is 10.6 Å². The number of aromatic hydroxyl groups is 1. The average molecular weight is 288 g/mol. The number of anilines is 1. The molecule has 1 atom stereocenters. The van der Waals surface area contributed by atoms with E-state index in [1.165, 1.54) is 0 Å². The van der Waals surface area contributed by atoms with Crippen LogP contribution in [0.3, 0.4) is 0 Å². The molecule has 0 saturated carbocycles. The summed E-state index contributed by atoms with van der Waals surface area (Å²) >= 11 is 0. The third-order valence-corrected chi connectivity index (χ3v) is 3.49. The van der Waals surface area contributed by atoms with Crippen LogP contribution in [-0.2, 0) is 11.0 Å². The maximum atomic E-state index is 12.6. The van der Waals surface area contributed by atoms with Crippen LogP contribution in [0.25, 0.3) is 0 Å². The molecule has 3 N–H and O–H groups in total. The molecule has 7 heteroatoms. The number of hydrogen-bond donors (Lipinski definition) is 3. The number of phenolic OH excluding ortho intramolecular Hbond substituents is 1. The molecule has 0 aromatic heterocycles. The summed E-state index contributed by atoms with van der Waals surface area (Å²) < 4.78 is 37.8. The summed E-state index contributed by atoms with van der Waals surface area (Å²) in [7, 11) is 0. The predicted octanol–water partition coefficient (Wildman–Crippen LogP) is 2.35. The molecule has 1 fully saturated rings. The molecule has 0 aliphatic carbocycles. The predicted molar refractivity (Wildman–Crippen MR) is 67.3 cm³/mol. The zero-order valence-electron chi connectivity index (χ0n) is 10.8. The quantitative estimate of drug-likeness (QED) is 0.732. The van der Waals surface area contributed by atoms with Crippen LogP contribution >= 0.6 is 0 Å². The molecule has 1 aromatic rings. The minimum atomic E-state index is -4.52. The number of halogens is 3. The van der Waals surface area contributed by atoms with Gasteiger partial charge >= 0.3 is 6.18 Å². The van der Waals surface area contributed by atoms with E-state index >= 15 is 0 Å². The summed E-state index contributed by atoms with van der Waals surface area (Å²) in [4.78, 5) is 12.1. The number of hydrogen-bond acceptors (Lipinski definition) is 3. The first-order valence-corrected chi connectivity index (χ1v) is 6.15. The fourth-order valence-electron chi connectivity index (χ4n) is 2.10. The molecular formula is C13H15F3N2O2. The maximum absolute atomic E-state index is 12.6. The van der Waals surface area contributed by atoms with E-state index in [2.05, 4.69) is 10.6 Å². The lowest BCUT2D eigenvalue weighted by Crippen LogP contribution is -2.35. The first-order chi connectivity index (χ1) is 9.22. The normalized spacial score (nSPS) is 22.8. The van der Waals surface area contributed by atoms with Crippen LogP contribution in [0.2, 0.25) is 0 Å². The lowest BCUT2D eigenvalue weighted by molar-refractivity contribution is -0.137. The number of alkyl halides is 3. The summed E-state index contributed by atoms with van der Waals surface area (Å²) in [5.74, 6) is -0.793. The Hall–Kier alpha value is -1.76. The number of nitrogens with one attached hydrogen (secondary N) is 2. The number of phenols is 1. The molecule has 1 heterocycles. The van der Waals surface area contributed by atoms with Crippen LogP contribution in [0.1, 0.15) is 18.9 Å². The SMILES string of the molecule is CC1(C(=O)Nc2cc(C(F)(F)F)ccc2O)CCNC1. The highest BCUT2D eigenvalue weighted by molar-refractivity contribution is 5.96. The summed E-state index contributed by atoms with van der Waals surface area (Å²) in [5, 5.41) is 15.0. The van der Waals surface area contributed by atoms with Gasteiger partial charge in [0.25, 0.3) is 0 Å². The summed E-state index contributed by atoms with van der Waals surface area (Å²) in [6.07, 6.45) is -3.93. The van der Waals surface area contributed by atoms with Crippen molar-refractivity contribution in [1.82, 2.24) is 5.32 Å². The molecule has 2 rings (SSSR count). The first-order valence-electron chi connectivity index (χ1n) is 6.15. The van der Waals surface area contributed by atoms with Gasteiger partial charge in [-0.3, -0.25) is 4.79 Å². The molecule has 1 aromatic carbocycles. The number of amides is 1. The molecule has 4 nitrogen and oxygen atoms in total. The Morgan fingerprint density at radius 3 is 2.70 bits per heavy atom. The van der Waals surface area contributed by atoms with Crippen molar-refractivity contribution in [2.75, 3.05) is 18.4 Å². The molecule has 1 saturated heterocycles. The molecule has 1 aliphatic rings. The van der Waals surface area contributed by atoms with Crippen LogP contribution in [0.15, 0.2) is 18.2 Å². The largest absolute Gasteiger partial charge is 0.506 e. The molecule has 1 amide bonds. The van der Waals surface area contributed by atoms with E-state index in [0.29, 0.717) is 19.5 Å². The minimum Gasteiger partial charge on any atom is -0.506 e. The second kappa shape index (κ2) is 4.97. The molecule has 0 spiro atoms. The zero-order chi connectivity index (χ0) is 15.0. The van der Waals surface area contributed by atoms with Crippen molar-refractivity contribution in [3.05, 3.63) is 23.8 Å². The van der Waals surface area contributed by atoms with Gasteiger partial charge in [0, 0.05) is 6.54 Å². The van der Waals surface area contributed by atoms with E-state index in [-0.39, 0.29) is 11.4 Å². The Kier molecular flexibility index (Phi) is 3.64. The molecule has 20 heavy (non-hydrogen) atoms. The fraction of sp³-hybridized carbons (Fsp3) is 0.462. The zero-order valence-corrected chi connectivity index (χ0v) is 10.8. The Balaban J connectivity index is 2.22. The topological polar surface area (TPSA) is 61.4 Å². The second-order valence-corrected chi connectivity index (χ2v) is 5.17. The van der Waals surface area contributed by atoms with Crippen LogP contribution in [0, 0.1) is 5.41 Å². The van der Waals surface area contributed by atoms with E-state index in [9.17, 15) is 23.1 Å². The highest BCUT2D eigenvalue weighted by Gasteiger charge is 2.37. The average Bonchev–Trinajstić information content (AvgIpc) is 2.79. The van der Waals surface area contributed by atoms with Gasteiger partial charge in [-0.25, -0.2) is 0 Å². The second-order valence-electron chi connectivity index (χ2n) is 5.17. The van der Waals surface area contributed by atoms with Crippen LogP contribution in [-0.4, -0.2) is 24.1 Å². The Labute approximate surface area is 114 Å². The van der Waals surface area contributed by atoms with Gasteiger partial charge in [-0.1, -0.05) is 0 Å². The highest BCUT2D eigenvalue weighted by atomic mass is 19.4. The van der Waals surface area contributed by atoms with Gasteiger partial charge in [0.2, 0.25) is 5.91 Å². The first kappa shape index (κ1) is 14.6. The van der Waals surface area contributed by atoms with Gasteiger partial charge in [-0.15, -0.1) is 0 Å². The lowest BCUT2D eigenvalue weighted by atomic mass is 9.88. The molecule has 110 valence electrons. The van der Waals surface area contributed by atoms with E-state index in [4.69, 9.17) is 0 Å². The fourth-order valence-corrected chi connectivity index (χ4v) is 2.10. The van der Waals surface area contributed by atoms with Crippen molar-refractivity contribution in [3.8, 4) is 5.75 Å². The monoisotopic (exact) mass is 288 g/mol. The molecular weight excluding hydrogens is 273 g/mol. The van der Waals surface area contributed by atoms with Crippen molar-refractivity contribution in [1.29, 1.82) is 0 Å². The summed E-state index contributed by atoms with van der Waals surface area (Å²) in [6, 6.07) is 2.43. The van der Waals surface area contributed by atoms with Crippen molar-refractivity contribution in [2.45, 2.75) is 19.5 Å². The molecule has 0 radical (unpaired) electrons. The summed E-state index contributed by atoms with van der Waals surface area (Å²) in [6.45, 7) is 2.87. The smallest absolute Gasteiger partial charge is 0.416 e. The Morgan fingerprint density at radius 1 is 1.45 bits per heavy atom. The molecule has 1 unspecified atom stereocenters. The van der Waals surface area contributed by atoms with Gasteiger partial charge in [0.05, 0.1) is 16.7 Å². The van der Waals surface area contributed by atoms with Crippen molar-refractivity contribution >= 4 is 11.6 Å². The van der Waals surface area contributed by atoms with E-state index in [0.717, 1.165) is 18.2 Å². The lowest BCUT2D eigenvalue weighted by Gasteiger charge is -2.22. The van der Waals surface area contributed by atoms with Crippen LogP contribution in [0.5, 0.6) is 5.75 Å². The van der Waals surface area contributed by atoms with Crippen molar-refractivity contribution in [3.63, 3.8) is 0 Å². The number of carbonyl (C=O) groups is 1. The van der Waals surface area contributed by atoms with Crippen molar-refractivity contribution < 1.29 is 23.1 Å². The highest BCUT2D eigenvalue weighted by Crippen LogP contribution is 2.35. The summed E-state index contributed by atoms with van der Waals surface area (Å²) in [5.41, 5.74) is -1.82. The molecule has 1 aliphatic heterocycles. The number of carbonyl (C=O) groups excluding carboxylic acids is 1. The van der Waals surface area contributed by atoms with Gasteiger partial charge in [0.1, 0.15) is 5.75 Å². The standard InChI is InChI=1S/C13H15F3N2O2/c1-12(4-5-17-7-12)11(20)18-9-6-8(13(14,15)16)2-3-10(9)19/h2-3,6,17,19H,4-5,7H2,1H3,(H,18,20). The van der Waals surface area contributed by atoms with E-state index < -0.39 is 23.1 Å². The van der Waals surface area contributed by atoms with Gasteiger partial charge in [0.15, 0.2) is 0 Å². The van der Waals surface area contributed by atoms with Gasteiger partial charge < -0.3 is 15.7 Å². The van der Waals surface area contributed by atoms with Gasteiger partial charge in [-0.05, 0) is 38.1 Å². The molecule has 0 bridgehead atoms. The Morgan fingerprint density at radius 2 is 2.15 bits per heavy atom. The van der Waals surface area contributed by atoms with Crippen molar-refractivity contribution in [2.24, 2.45) is 5.41 Å². The number of rotatable bonds is 2. The van der Waals surface area contributed by atoms with E-state index in [1.54, 1.807) is 6.92 Å². The van der Waals surface area contributed by atoms with E-state index in [1.807, 2.05) is 0 Å². The minimum absolute atomic E-state index is 0.224. The third kappa shape index (κ3) is 2.87.